The van der Waals surface area contributed by atoms with Crippen LogP contribution in [0.4, 0.5) is 17.1 Å². The Morgan fingerprint density at radius 2 is 1.50 bits per heavy atom. The molecule has 0 amide bonds. The summed E-state index contributed by atoms with van der Waals surface area (Å²) in [5.74, 6) is 0.880. The minimum atomic E-state index is 0.675. The predicted octanol–water partition coefficient (Wildman–Crippen LogP) is 7.33. The van der Waals surface area contributed by atoms with Gasteiger partial charge in [-0.05, 0) is 73.0 Å². The number of anilines is 2. The fraction of sp³-hybridized carbons (Fsp3) is 0.107. The molecule has 158 valence electrons. The van der Waals surface area contributed by atoms with Crippen LogP contribution in [0.1, 0.15) is 12.5 Å². The van der Waals surface area contributed by atoms with E-state index in [2.05, 4.69) is 54.3 Å². The van der Waals surface area contributed by atoms with Crippen LogP contribution in [0.5, 0.6) is 0 Å². The molecule has 1 aromatic heterocycles. The third-order valence-corrected chi connectivity index (χ3v) is 5.97. The van der Waals surface area contributed by atoms with Gasteiger partial charge in [0.05, 0.1) is 11.4 Å². The van der Waals surface area contributed by atoms with E-state index in [1.165, 1.54) is 16.7 Å². The van der Waals surface area contributed by atoms with Crippen molar-refractivity contribution in [3.63, 3.8) is 0 Å². The van der Waals surface area contributed by atoms with Crippen LogP contribution in [-0.2, 0) is 0 Å². The van der Waals surface area contributed by atoms with Gasteiger partial charge in [-0.15, -0.1) is 0 Å². The quantitative estimate of drug-likeness (QED) is 0.189. The lowest BCUT2D eigenvalue weighted by Crippen LogP contribution is -2.24. The molecule has 0 unspecified atom stereocenters. The minimum absolute atomic E-state index is 0.675. The molecule has 0 spiro atoms. The van der Waals surface area contributed by atoms with Crippen molar-refractivity contribution < 1.29 is 4.42 Å². The first kappa shape index (κ1) is 19.9. The average molecular weight is 420 g/mol. The molecule has 0 bridgehead atoms. The summed E-state index contributed by atoms with van der Waals surface area (Å²) >= 11 is 0. The fourth-order valence-corrected chi connectivity index (χ4v) is 4.13. The van der Waals surface area contributed by atoms with Gasteiger partial charge < -0.3 is 15.1 Å². The molecule has 5 aromatic rings. The Labute approximate surface area is 187 Å². The van der Waals surface area contributed by atoms with Crippen molar-refractivity contribution in [2.45, 2.75) is 13.8 Å². The number of para-hydroxylation sites is 3. The highest BCUT2D eigenvalue weighted by atomic mass is 16.3. The molecule has 0 radical (unpaired) electrons. The molecule has 4 nitrogen and oxygen atoms in total. The Hall–Kier alpha value is -4.05. The fourth-order valence-electron chi connectivity index (χ4n) is 4.13. The van der Waals surface area contributed by atoms with Gasteiger partial charge in [-0.1, -0.05) is 42.5 Å². The smallest absolute Gasteiger partial charge is 0.135 e. The number of aliphatic imine (C=N–C) groups is 1. The molecule has 0 saturated heterocycles. The summed E-state index contributed by atoms with van der Waals surface area (Å²) in [6, 6.07) is 28.7. The third kappa shape index (κ3) is 3.50. The van der Waals surface area contributed by atoms with Crippen molar-refractivity contribution >= 4 is 44.8 Å². The second-order valence-corrected chi connectivity index (χ2v) is 8.09. The monoisotopic (exact) mass is 419 g/mol. The van der Waals surface area contributed by atoms with Gasteiger partial charge in [0.2, 0.25) is 0 Å². The zero-order valence-electron chi connectivity index (χ0n) is 18.5. The molecule has 0 saturated carbocycles. The number of hydrogen-bond acceptors (Lipinski definition) is 3. The molecule has 4 heteroatoms. The van der Waals surface area contributed by atoms with Crippen LogP contribution >= 0.6 is 0 Å². The van der Waals surface area contributed by atoms with E-state index in [0.717, 1.165) is 39.1 Å². The predicted molar refractivity (Wildman–Crippen MR) is 136 cm³/mol. The SMILES string of the molecule is C/C(=N\c1ccccc1N)N(C)c1ccc(-c2ccc3oc4ccccc4c3c2)cc1C. The van der Waals surface area contributed by atoms with E-state index in [4.69, 9.17) is 15.1 Å². The first-order valence-electron chi connectivity index (χ1n) is 10.7. The largest absolute Gasteiger partial charge is 0.456 e. The van der Waals surface area contributed by atoms with E-state index in [-0.39, 0.29) is 0 Å². The van der Waals surface area contributed by atoms with Crippen molar-refractivity contribution in [1.82, 2.24) is 0 Å². The molecule has 0 aliphatic carbocycles. The van der Waals surface area contributed by atoms with Gasteiger partial charge in [0, 0.05) is 23.5 Å². The number of benzene rings is 4. The number of fused-ring (bicyclic) bond motifs is 3. The van der Waals surface area contributed by atoms with Crippen molar-refractivity contribution in [1.29, 1.82) is 0 Å². The zero-order chi connectivity index (χ0) is 22.2. The highest BCUT2D eigenvalue weighted by molar-refractivity contribution is 6.06. The topological polar surface area (TPSA) is 54.8 Å². The Morgan fingerprint density at radius 3 is 2.31 bits per heavy atom. The van der Waals surface area contributed by atoms with E-state index in [9.17, 15) is 0 Å². The van der Waals surface area contributed by atoms with Gasteiger partial charge >= 0.3 is 0 Å². The summed E-state index contributed by atoms with van der Waals surface area (Å²) in [4.78, 5) is 6.82. The summed E-state index contributed by atoms with van der Waals surface area (Å²) in [5.41, 5.74) is 14.0. The van der Waals surface area contributed by atoms with Crippen molar-refractivity contribution in [3.8, 4) is 11.1 Å². The number of amidine groups is 1. The highest BCUT2D eigenvalue weighted by Crippen LogP contribution is 2.34. The third-order valence-electron chi connectivity index (χ3n) is 5.97. The molecule has 32 heavy (non-hydrogen) atoms. The van der Waals surface area contributed by atoms with Crippen LogP contribution in [0, 0.1) is 6.92 Å². The van der Waals surface area contributed by atoms with Crippen LogP contribution < -0.4 is 10.6 Å². The van der Waals surface area contributed by atoms with Crippen molar-refractivity contribution in [3.05, 3.63) is 90.5 Å². The Balaban J connectivity index is 1.49. The molecule has 1 heterocycles. The number of nitrogen functional groups attached to an aromatic ring is 1. The summed E-state index contributed by atoms with van der Waals surface area (Å²) in [6.07, 6.45) is 0. The molecule has 4 aromatic carbocycles. The van der Waals surface area contributed by atoms with Gasteiger partial charge in [-0.3, -0.25) is 0 Å². The maximum atomic E-state index is 6.06. The Morgan fingerprint density at radius 1 is 0.812 bits per heavy atom. The van der Waals surface area contributed by atoms with Crippen LogP contribution in [0.3, 0.4) is 0 Å². The number of nitrogens with zero attached hydrogens (tertiary/aromatic N) is 2. The van der Waals surface area contributed by atoms with E-state index in [1.54, 1.807) is 0 Å². The highest BCUT2D eigenvalue weighted by Gasteiger charge is 2.12. The second kappa shape index (κ2) is 7.89. The molecule has 0 fully saturated rings. The molecule has 0 aliphatic heterocycles. The molecule has 5 rings (SSSR count). The number of aryl methyl sites for hydroxylation is 1. The van der Waals surface area contributed by atoms with Crippen LogP contribution in [0.2, 0.25) is 0 Å². The lowest BCUT2D eigenvalue weighted by molar-refractivity contribution is 0.669. The lowest BCUT2D eigenvalue weighted by atomic mass is 10.00. The summed E-state index contributed by atoms with van der Waals surface area (Å²) in [5, 5.41) is 2.28. The van der Waals surface area contributed by atoms with E-state index in [1.807, 2.05) is 56.4 Å². The van der Waals surface area contributed by atoms with E-state index in [0.29, 0.717) is 5.69 Å². The number of rotatable bonds is 3. The van der Waals surface area contributed by atoms with Crippen LogP contribution in [-0.4, -0.2) is 12.9 Å². The van der Waals surface area contributed by atoms with E-state index >= 15 is 0 Å². The minimum Gasteiger partial charge on any atom is -0.456 e. The average Bonchev–Trinajstić information content (AvgIpc) is 3.18. The molecule has 0 atom stereocenters. The summed E-state index contributed by atoms with van der Waals surface area (Å²) in [6.45, 7) is 4.13. The van der Waals surface area contributed by atoms with Gasteiger partial charge in [-0.25, -0.2) is 4.99 Å². The van der Waals surface area contributed by atoms with Crippen LogP contribution in [0.15, 0.2) is 94.3 Å². The second-order valence-electron chi connectivity index (χ2n) is 8.09. The molecule has 2 N–H and O–H groups in total. The lowest BCUT2D eigenvalue weighted by Gasteiger charge is -2.22. The Kier molecular flexibility index (Phi) is 4.91. The molecule has 0 aliphatic rings. The molecular formula is C28H25N3O. The standard InChI is InChI=1S/C28H25N3O/c1-18-16-20(21-13-15-28-23(17-21)22-8-4-7-11-27(22)32-28)12-14-26(18)31(3)19(2)30-25-10-6-5-9-24(25)29/h4-17H,29H2,1-3H3/b30-19+. The summed E-state index contributed by atoms with van der Waals surface area (Å²) < 4.78 is 5.97. The van der Waals surface area contributed by atoms with Gasteiger partial charge in [0.15, 0.2) is 0 Å². The van der Waals surface area contributed by atoms with Crippen molar-refractivity contribution in [2.24, 2.45) is 4.99 Å². The summed E-state index contributed by atoms with van der Waals surface area (Å²) in [7, 11) is 2.03. The van der Waals surface area contributed by atoms with Crippen molar-refractivity contribution in [2.75, 3.05) is 17.7 Å². The number of nitrogens with two attached hydrogens (primary N) is 1. The van der Waals surface area contributed by atoms with Crippen LogP contribution in [0.25, 0.3) is 33.1 Å². The maximum Gasteiger partial charge on any atom is 0.135 e. The van der Waals surface area contributed by atoms with Gasteiger partial charge in [0.25, 0.3) is 0 Å². The normalized spacial score (nSPS) is 11.9. The first-order chi connectivity index (χ1) is 15.5. The Bertz CT molecular complexity index is 1480. The number of furan rings is 1. The molecular weight excluding hydrogens is 394 g/mol. The zero-order valence-corrected chi connectivity index (χ0v) is 18.5. The van der Waals surface area contributed by atoms with Gasteiger partial charge in [-0.2, -0.15) is 0 Å². The first-order valence-corrected chi connectivity index (χ1v) is 10.7. The number of hydrogen-bond donors (Lipinski definition) is 1. The van der Waals surface area contributed by atoms with E-state index < -0.39 is 0 Å². The van der Waals surface area contributed by atoms with Gasteiger partial charge in [0.1, 0.15) is 17.0 Å². The maximum absolute atomic E-state index is 6.06.